The van der Waals surface area contributed by atoms with Gasteiger partial charge in [0.1, 0.15) is 23.3 Å². The van der Waals surface area contributed by atoms with Crippen molar-refractivity contribution in [3.8, 4) is 6.07 Å². The van der Waals surface area contributed by atoms with E-state index >= 15 is 0 Å². The maximum absolute atomic E-state index is 8.79. The van der Waals surface area contributed by atoms with Gasteiger partial charge in [-0.15, -0.1) is 0 Å². The van der Waals surface area contributed by atoms with Crippen molar-refractivity contribution >= 4 is 11.5 Å². The molecule has 0 saturated carbocycles. The van der Waals surface area contributed by atoms with E-state index in [-0.39, 0.29) is 6.10 Å². The minimum atomic E-state index is -0.162. The molecule has 5 nitrogen and oxygen atoms in total. The van der Waals surface area contributed by atoms with E-state index in [0.29, 0.717) is 22.7 Å². The van der Waals surface area contributed by atoms with E-state index in [4.69, 9.17) is 15.7 Å². The number of nitrogens with zero attached hydrogens (tertiary/aromatic N) is 3. The fourth-order valence-electron chi connectivity index (χ4n) is 1.56. The smallest absolute Gasteiger partial charge is 0.140 e. The summed E-state index contributed by atoms with van der Waals surface area (Å²) in [5, 5.41) is 8.79. The number of methoxy groups -OCH3 is 1. The van der Waals surface area contributed by atoms with Crippen molar-refractivity contribution in [3.05, 3.63) is 29.6 Å². The number of aromatic nitrogens is 2. The first-order chi connectivity index (χ1) is 7.67. The molecule has 0 amide bonds. The van der Waals surface area contributed by atoms with Crippen LogP contribution >= 0.6 is 0 Å². The van der Waals surface area contributed by atoms with Crippen LogP contribution in [0, 0.1) is 11.3 Å². The quantitative estimate of drug-likeness (QED) is 0.825. The lowest BCUT2D eigenvalue weighted by molar-refractivity contribution is 0.117. The van der Waals surface area contributed by atoms with Crippen molar-refractivity contribution in [1.29, 1.82) is 5.26 Å². The largest absolute Gasteiger partial charge is 0.383 e. The molecule has 0 aliphatic carbocycles. The van der Waals surface area contributed by atoms with Crippen LogP contribution in [0.4, 0.5) is 5.82 Å². The van der Waals surface area contributed by atoms with Crippen LogP contribution in [-0.2, 0) is 4.74 Å². The number of nitrogens with two attached hydrogens (primary N) is 1. The maximum atomic E-state index is 8.79. The first kappa shape index (κ1) is 10.5. The van der Waals surface area contributed by atoms with E-state index in [2.05, 4.69) is 11.1 Å². The van der Waals surface area contributed by atoms with E-state index in [1.54, 1.807) is 29.8 Å². The second-order valence-electron chi connectivity index (χ2n) is 3.52. The molecule has 0 bridgehead atoms. The Morgan fingerprint density at radius 1 is 1.62 bits per heavy atom. The molecule has 0 radical (unpaired) electrons. The molecule has 0 fully saturated rings. The number of fused-ring (bicyclic) bond motifs is 1. The summed E-state index contributed by atoms with van der Waals surface area (Å²) in [6, 6.07) is 5.46. The average Bonchev–Trinajstić information content (AvgIpc) is 2.65. The zero-order chi connectivity index (χ0) is 11.7. The van der Waals surface area contributed by atoms with Crippen LogP contribution in [0.2, 0.25) is 0 Å². The highest BCUT2D eigenvalue weighted by atomic mass is 16.5. The zero-order valence-corrected chi connectivity index (χ0v) is 9.14. The summed E-state index contributed by atoms with van der Waals surface area (Å²) >= 11 is 0. The monoisotopic (exact) mass is 216 g/mol. The number of ether oxygens (including phenoxy) is 1. The summed E-state index contributed by atoms with van der Waals surface area (Å²) in [5.74, 6) is 0.550. The van der Waals surface area contributed by atoms with Gasteiger partial charge in [0, 0.05) is 13.3 Å². The number of pyridine rings is 1. The molecule has 2 rings (SSSR count). The number of imidazole rings is 1. The van der Waals surface area contributed by atoms with Gasteiger partial charge in [-0.25, -0.2) is 4.98 Å². The molecule has 16 heavy (non-hydrogen) atoms. The Bertz CT molecular complexity index is 567. The van der Waals surface area contributed by atoms with Crippen molar-refractivity contribution < 1.29 is 4.74 Å². The Morgan fingerprint density at radius 2 is 2.38 bits per heavy atom. The van der Waals surface area contributed by atoms with E-state index in [0.717, 1.165) is 0 Å². The Balaban J connectivity index is 2.64. The molecule has 82 valence electrons. The molecule has 2 N–H and O–H groups in total. The highest BCUT2D eigenvalue weighted by Gasteiger charge is 2.15. The van der Waals surface area contributed by atoms with Crippen LogP contribution in [0.3, 0.4) is 0 Å². The van der Waals surface area contributed by atoms with Crippen molar-refractivity contribution in [1.82, 2.24) is 9.38 Å². The van der Waals surface area contributed by atoms with Crippen LogP contribution in [0.1, 0.15) is 24.3 Å². The first-order valence-electron chi connectivity index (χ1n) is 4.87. The molecule has 5 heteroatoms. The van der Waals surface area contributed by atoms with E-state index in [1.165, 1.54) is 0 Å². The van der Waals surface area contributed by atoms with Gasteiger partial charge >= 0.3 is 0 Å². The number of nitriles is 1. The van der Waals surface area contributed by atoms with E-state index in [1.807, 2.05) is 6.92 Å². The summed E-state index contributed by atoms with van der Waals surface area (Å²) in [7, 11) is 1.61. The summed E-state index contributed by atoms with van der Waals surface area (Å²) in [5.41, 5.74) is 7.86. The molecule has 2 aromatic rings. The fraction of sp³-hybridized carbons (Fsp3) is 0.273. The molecular formula is C11H12N4O. The third-order valence-electron chi connectivity index (χ3n) is 2.56. The summed E-state index contributed by atoms with van der Waals surface area (Å²) in [4.78, 5) is 4.35. The standard InChI is InChI=1S/C11H12N4O/c1-7(16-2)10-11(13)15-4-3-8(6-12)5-9(15)14-10/h3-5,7H,13H2,1-2H3. The van der Waals surface area contributed by atoms with Gasteiger partial charge in [0.2, 0.25) is 0 Å². The topological polar surface area (TPSA) is 76.3 Å². The van der Waals surface area contributed by atoms with Gasteiger partial charge in [-0.1, -0.05) is 0 Å². The van der Waals surface area contributed by atoms with Gasteiger partial charge in [0.05, 0.1) is 11.6 Å². The normalized spacial score (nSPS) is 12.6. The molecule has 0 aliphatic heterocycles. The SMILES string of the molecule is COC(C)c1nc2cc(C#N)ccn2c1N. The summed E-state index contributed by atoms with van der Waals surface area (Å²) in [6.07, 6.45) is 1.58. The molecule has 1 unspecified atom stereocenters. The second kappa shape index (κ2) is 3.83. The number of nitrogen functional groups attached to an aromatic ring is 1. The predicted octanol–water partition coefficient (Wildman–Crippen LogP) is 1.50. The molecule has 2 aromatic heterocycles. The Kier molecular flexibility index (Phi) is 2.50. The Morgan fingerprint density at radius 3 is 3.00 bits per heavy atom. The molecule has 0 spiro atoms. The number of anilines is 1. The lowest BCUT2D eigenvalue weighted by Gasteiger charge is -2.06. The molecule has 0 aromatic carbocycles. The van der Waals surface area contributed by atoms with E-state index < -0.39 is 0 Å². The predicted molar refractivity (Wildman–Crippen MR) is 59.7 cm³/mol. The van der Waals surface area contributed by atoms with Gasteiger partial charge in [-0.3, -0.25) is 4.40 Å². The van der Waals surface area contributed by atoms with Crippen LogP contribution in [-0.4, -0.2) is 16.5 Å². The molecule has 0 aliphatic rings. The number of hydrogen-bond acceptors (Lipinski definition) is 4. The third-order valence-corrected chi connectivity index (χ3v) is 2.56. The second-order valence-corrected chi connectivity index (χ2v) is 3.52. The first-order valence-corrected chi connectivity index (χ1v) is 4.87. The van der Waals surface area contributed by atoms with Gasteiger partial charge < -0.3 is 10.5 Å². The highest BCUT2D eigenvalue weighted by Crippen LogP contribution is 2.23. The maximum Gasteiger partial charge on any atom is 0.140 e. The van der Waals surface area contributed by atoms with Crippen molar-refractivity contribution in [3.63, 3.8) is 0 Å². The van der Waals surface area contributed by atoms with Crippen molar-refractivity contribution in [2.24, 2.45) is 0 Å². The number of hydrogen-bond donors (Lipinski definition) is 1. The Hall–Kier alpha value is -2.06. The zero-order valence-electron chi connectivity index (χ0n) is 9.14. The highest BCUT2D eigenvalue weighted by molar-refractivity contribution is 5.56. The molecule has 2 heterocycles. The molecule has 0 saturated heterocycles. The van der Waals surface area contributed by atoms with E-state index in [9.17, 15) is 0 Å². The third kappa shape index (κ3) is 1.49. The van der Waals surface area contributed by atoms with Crippen LogP contribution in [0.25, 0.3) is 5.65 Å². The lowest BCUT2D eigenvalue weighted by atomic mass is 10.3. The average molecular weight is 216 g/mol. The van der Waals surface area contributed by atoms with Crippen molar-refractivity contribution in [2.45, 2.75) is 13.0 Å². The summed E-state index contributed by atoms with van der Waals surface area (Å²) in [6.45, 7) is 1.88. The summed E-state index contributed by atoms with van der Waals surface area (Å²) < 4.78 is 6.92. The van der Waals surface area contributed by atoms with Gasteiger partial charge in [-0.05, 0) is 19.1 Å². The lowest BCUT2D eigenvalue weighted by Crippen LogP contribution is -2.01. The minimum Gasteiger partial charge on any atom is -0.383 e. The molecule has 1 atom stereocenters. The van der Waals surface area contributed by atoms with Crippen LogP contribution < -0.4 is 5.73 Å². The number of rotatable bonds is 2. The van der Waals surface area contributed by atoms with Gasteiger partial charge in [0.15, 0.2) is 0 Å². The fourth-order valence-corrected chi connectivity index (χ4v) is 1.56. The minimum absolute atomic E-state index is 0.162. The van der Waals surface area contributed by atoms with Crippen LogP contribution in [0.5, 0.6) is 0 Å². The van der Waals surface area contributed by atoms with Gasteiger partial charge in [0.25, 0.3) is 0 Å². The Labute approximate surface area is 93.1 Å². The molecular weight excluding hydrogens is 204 g/mol. The van der Waals surface area contributed by atoms with Gasteiger partial charge in [-0.2, -0.15) is 5.26 Å². The van der Waals surface area contributed by atoms with Crippen LogP contribution in [0.15, 0.2) is 18.3 Å². The van der Waals surface area contributed by atoms with Crippen molar-refractivity contribution in [2.75, 3.05) is 12.8 Å².